The van der Waals surface area contributed by atoms with Crippen LogP contribution < -0.4 is 5.32 Å². The first kappa shape index (κ1) is 15.5. The molecule has 1 heterocycles. The number of pyridine rings is 1. The number of likely N-dealkylation sites (N-methyl/N-ethyl adjacent to an activating group) is 1. The van der Waals surface area contributed by atoms with Crippen LogP contribution in [-0.2, 0) is 6.42 Å². The van der Waals surface area contributed by atoms with Crippen LogP contribution in [0.2, 0.25) is 0 Å². The van der Waals surface area contributed by atoms with Gasteiger partial charge < -0.3 is 10.2 Å². The van der Waals surface area contributed by atoms with Gasteiger partial charge in [-0.1, -0.05) is 13.0 Å². The van der Waals surface area contributed by atoms with Gasteiger partial charge in [0, 0.05) is 36.9 Å². The lowest BCUT2D eigenvalue weighted by Gasteiger charge is -2.35. The topological polar surface area (TPSA) is 28.2 Å². The minimum absolute atomic E-state index is 0.760. The predicted octanol–water partition coefficient (Wildman–Crippen LogP) is 2.87. The lowest BCUT2D eigenvalue weighted by molar-refractivity contribution is 0.175. The third-order valence-corrected chi connectivity index (χ3v) is 4.45. The summed E-state index contributed by atoms with van der Waals surface area (Å²) in [5.41, 5.74) is 1.21. The van der Waals surface area contributed by atoms with Crippen LogP contribution in [0, 0.1) is 0 Å². The fourth-order valence-corrected chi connectivity index (χ4v) is 3.09. The molecule has 0 spiro atoms. The van der Waals surface area contributed by atoms with Crippen molar-refractivity contribution in [2.45, 2.75) is 57.5 Å². The Hall–Kier alpha value is -0.930. The fourth-order valence-electron chi connectivity index (χ4n) is 3.09. The van der Waals surface area contributed by atoms with E-state index >= 15 is 0 Å². The summed E-state index contributed by atoms with van der Waals surface area (Å²) in [4.78, 5) is 6.94. The minimum atomic E-state index is 0.760. The van der Waals surface area contributed by atoms with Gasteiger partial charge in [-0.15, -0.1) is 0 Å². The van der Waals surface area contributed by atoms with Crippen LogP contribution in [0.25, 0.3) is 0 Å². The van der Waals surface area contributed by atoms with E-state index in [4.69, 9.17) is 0 Å². The number of rotatable bonds is 7. The smallest absolute Gasteiger partial charge is 0.0416 e. The molecule has 1 aromatic rings. The van der Waals surface area contributed by atoms with Crippen molar-refractivity contribution in [3.8, 4) is 0 Å². The molecule has 1 fully saturated rings. The second kappa shape index (κ2) is 8.38. The first-order valence-electron chi connectivity index (χ1n) is 8.13. The van der Waals surface area contributed by atoms with E-state index in [9.17, 15) is 0 Å². The number of nitrogens with one attached hydrogen (secondary N) is 1. The van der Waals surface area contributed by atoms with Crippen molar-refractivity contribution in [2.24, 2.45) is 0 Å². The van der Waals surface area contributed by atoms with Crippen LogP contribution in [-0.4, -0.2) is 42.1 Å². The van der Waals surface area contributed by atoms with Crippen LogP contribution >= 0.6 is 0 Å². The second-order valence-corrected chi connectivity index (χ2v) is 6.01. The van der Waals surface area contributed by atoms with Crippen LogP contribution in [0.1, 0.15) is 44.7 Å². The highest BCUT2D eigenvalue weighted by molar-refractivity contribution is 5.03. The maximum absolute atomic E-state index is 4.40. The van der Waals surface area contributed by atoms with Crippen molar-refractivity contribution in [2.75, 3.05) is 20.1 Å². The number of aromatic nitrogens is 1. The Labute approximate surface area is 123 Å². The van der Waals surface area contributed by atoms with Gasteiger partial charge in [-0.25, -0.2) is 0 Å². The average molecular weight is 275 g/mol. The van der Waals surface area contributed by atoms with Gasteiger partial charge in [-0.3, -0.25) is 4.98 Å². The largest absolute Gasteiger partial charge is 0.314 e. The summed E-state index contributed by atoms with van der Waals surface area (Å²) < 4.78 is 0. The molecule has 2 rings (SSSR count). The van der Waals surface area contributed by atoms with Crippen molar-refractivity contribution in [1.29, 1.82) is 0 Å². The molecule has 1 aromatic heterocycles. The van der Waals surface area contributed by atoms with Gasteiger partial charge in [0.05, 0.1) is 0 Å². The van der Waals surface area contributed by atoms with E-state index in [1.165, 1.54) is 44.3 Å². The molecule has 1 aliphatic rings. The minimum Gasteiger partial charge on any atom is -0.314 e. The SMILES string of the molecule is CCCNC1CCC(N(C)CCc2ccccn2)CC1. The molecular formula is C17H29N3. The lowest BCUT2D eigenvalue weighted by atomic mass is 9.90. The Morgan fingerprint density at radius 1 is 1.25 bits per heavy atom. The Morgan fingerprint density at radius 3 is 2.70 bits per heavy atom. The molecule has 0 unspecified atom stereocenters. The number of hydrogen-bond acceptors (Lipinski definition) is 3. The zero-order valence-electron chi connectivity index (χ0n) is 13.0. The van der Waals surface area contributed by atoms with Gasteiger partial charge in [0.15, 0.2) is 0 Å². The van der Waals surface area contributed by atoms with E-state index in [1.54, 1.807) is 0 Å². The average Bonchev–Trinajstić information content (AvgIpc) is 2.52. The highest BCUT2D eigenvalue weighted by Crippen LogP contribution is 2.22. The van der Waals surface area contributed by atoms with Gasteiger partial charge in [-0.05, 0) is 57.8 Å². The maximum Gasteiger partial charge on any atom is 0.0416 e. The first-order valence-corrected chi connectivity index (χ1v) is 8.13. The molecule has 0 aliphatic heterocycles. The normalized spacial score (nSPS) is 23.1. The highest BCUT2D eigenvalue weighted by Gasteiger charge is 2.23. The van der Waals surface area contributed by atoms with E-state index < -0.39 is 0 Å². The summed E-state index contributed by atoms with van der Waals surface area (Å²) in [7, 11) is 2.27. The van der Waals surface area contributed by atoms with Gasteiger partial charge in [-0.2, -0.15) is 0 Å². The molecule has 3 nitrogen and oxygen atoms in total. The second-order valence-electron chi connectivity index (χ2n) is 6.01. The monoisotopic (exact) mass is 275 g/mol. The van der Waals surface area contributed by atoms with Gasteiger partial charge in [0.1, 0.15) is 0 Å². The van der Waals surface area contributed by atoms with Crippen molar-refractivity contribution < 1.29 is 0 Å². The summed E-state index contributed by atoms with van der Waals surface area (Å²) in [5, 5.41) is 3.66. The Morgan fingerprint density at radius 2 is 2.05 bits per heavy atom. The zero-order valence-corrected chi connectivity index (χ0v) is 13.0. The lowest BCUT2D eigenvalue weighted by Crippen LogP contribution is -2.41. The molecule has 0 radical (unpaired) electrons. The molecule has 0 bridgehead atoms. The summed E-state index contributed by atoms with van der Waals surface area (Å²) in [6.45, 7) is 4.53. The number of nitrogens with zero attached hydrogens (tertiary/aromatic N) is 2. The van der Waals surface area contributed by atoms with E-state index in [0.717, 1.165) is 25.0 Å². The molecule has 0 atom stereocenters. The maximum atomic E-state index is 4.40. The van der Waals surface area contributed by atoms with E-state index in [1.807, 2.05) is 12.3 Å². The Balaban J connectivity index is 1.68. The van der Waals surface area contributed by atoms with Crippen LogP contribution in [0.15, 0.2) is 24.4 Å². The molecular weight excluding hydrogens is 246 g/mol. The molecule has 0 amide bonds. The van der Waals surface area contributed by atoms with Crippen LogP contribution in [0.3, 0.4) is 0 Å². The van der Waals surface area contributed by atoms with E-state index in [-0.39, 0.29) is 0 Å². The summed E-state index contributed by atoms with van der Waals surface area (Å²) in [6, 6.07) is 7.71. The van der Waals surface area contributed by atoms with Crippen molar-refractivity contribution >= 4 is 0 Å². The summed E-state index contributed by atoms with van der Waals surface area (Å²) in [6.07, 6.45) is 9.52. The van der Waals surface area contributed by atoms with Crippen LogP contribution in [0.4, 0.5) is 0 Å². The molecule has 0 saturated heterocycles. The summed E-state index contributed by atoms with van der Waals surface area (Å²) >= 11 is 0. The Kier molecular flexibility index (Phi) is 6.48. The molecule has 20 heavy (non-hydrogen) atoms. The predicted molar refractivity (Wildman–Crippen MR) is 84.9 cm³/mol. The quantitative estimate of drug-likeness (QED) is 0.829. The molecule has 1 saturated carbocycles. The molecule has 3 heteroatoms. The van der Waals surface area contributed by atoms with Gasteiger partial charge >= 0.3 is 0 Å². The summed E-state index contributed by atoms with van der Waals surface area (Å²) in [5.74, 6) is 0. The molecule has 112 valence electrons. The zero-order chi connectivity index (χ0) is 14.2. The standard InChI is InChI=1S/C17H29N3/c1-3-12-18-16-7-9-17(10-8-16)20(2)14-11-15-6-4-5-13-19-15/h4-6,13,16-18H,3,7-12,14H2,1-2H3. The Bertz CT molecular complexity index is 358. The van der Waals surface area contributed by atoms with Crippen LogP contribution in [0.5, 0.6) is 0 Å². The highest BCUT2D eigenvalue weighted by atomic mass is 15.1. The van der Waals surface area contributed by atoms with Crippen molar-refractivity contribution in [3.05, 3.63) is 30.1 Å². The molecule has 1 aliphatic carbocycles. The van der Waals surface area contributed by atoms with Crippen molar-refractivity contribution in [1.82, 2.24) is 15.2 Å². The van der Waals surface area contributed by atoms with E-state index in [0.29, 0.717) is 0 Å². The third kappa shape index (κ3) is 4.88. The fraction of sp³-hybridized carbons (Fsp3) is 0.706. The van der Waals surface area contributed by atoms with Crippen molar-refractivity contribution in [3.63, 3.8) is 0 Å². The number of hydrogen-bond donors (Lipinski definition) is 1. The third-order valence-electron chi connectivity index (χ3n) is 4.45. The van der Waals surface area contributed by atoms with Gasteiger partial charge in [0.2, 0.25) is 0 Å². The van der Waals surface area contributed by atoms with E-state index in [2.05, 4.69) is 41.3 Å². The van der Waals surface area contributed by atoms with Gasteiger partial charge in [0.25, 0.3) is 0 Å². The first-order chi connectivity index (χ1) is 9.79. The molecule has 1 N–H and O–H groups in total. The molecule has 0 aromatic carbocycles.